The lowest BCUT2D eigenvalue weighted by atomic mass is 9.88. The lowest BCUT2D eigenvalue weighted by Crippen LogP contribution is -2.26. The van der Waals surface area contributed by atoms with Gasteiger partial charge < -0.3 is 14.8 Å². The maximum Gasteiger partial charge on any atom is 0.122 e. The number of nitrogens with one attached hydrogen (secondary N) is 1. The molecule has 0 saturated heterocycles. The van der Waals surface area contributed by atoms with Crippen LogP contribution in [0.3, 0.4) is 0 Å². The van der Waals surface area contributed by atoms with Gasteiger partial charge in [-0.15, -0.1) is 0 Å². The minimum atomic E-state index is 0.603. The maximum absolute atomic E-state index is 5.57. The second-order valence-electron chi connectivity index (χ2n) is 6.09. The molecule has 20 heavy (non-hydrogen) atoms. The van der Waals surface area contributed by atoms with Gasteiger partial charge in [0.2, 0.25) is 0 Å². The number of hydrogen-bond donors (Lipinski definition) is 1. The number of hydrogen-bond acceptors (Lipinski definition) is 3. The molecule has 1 aromatic carbocycles. The Morgan fingerprint density at radius 3 is 2.65 bits per heavy atom. The van der Waals surface area contributed by atoms with E-state index in [9.17, 15) is 0 Å². The van der Waals surface area contributed by atoms with E-state index in [1.54, 1.807) is 14.2 Å². The minimum Gasteiger partial charge on any atom is -0.497 e. The van der Waals surface area contributed by atoms with Crippen LogP contribution in [0, 0.1) is 5.92 Å². The van der Waals surface area contributed by atoms with Crippen LogP contribution in [0.4, 0.5) is 0 Å². The first-order chi connectivity index (χ1) is 9.81. The summed E-state index contributed by atoms with van der Waals surface area (Å²) in [6.45, 7) is 1.15. The van der Waals surface area contributed by atoms with Gasteiger partial charge in [0, 0.05) is 11.6 Å². The van der Waals surface area contributed by atoms with Crippen LogP contribution in [-0.4, -0.2) is 26.8 Å². The molecule has 2 unspecified atom stereocenters. The van der Waals surface area contributed by atoms with Gasteiger partial charge in [0.05, 0.1) is 14.2 Å². The second kappa shape index (κ2) is 6.04. The summed E-state index contributed by atoms with van der Waals surface area (Å²) in [7, 11) is 3.49. The lowest BCUT2D eigenvalue weighted by Gasteiger charge is -2.23. The summed E-state index contributed by atoms with van der Waals surface area (Å²) in [4.78, 5) is 0. The Morgan fingerprint density at radius 2 is 1.95 bits per heavy atom. The monoisotopic (exact) mass is 275 g/mol. The van der Waals surface area contributed by atoms with Crippen molar-refractivity contribution >= 4 is 0 Å². The molecular formula is C17H25NO2. The second-order valence-corrected chi connectivity index (χ2v) is 6.09. The van der Waals surface area contributed by atoms with Gasteiger partial charge in [0.25, 0.3) is 0 Å². The Bertz CT molecular complexity index is 456. The quantitative estimate of drug-likeness (QED) is 0.863. The molecule has 2 fully saturated rings. The standard InChI is InChI=1S/C17H25NO2/c1-19-14-8-9-17(20-2)16(10-14)15-5-3-4-12(15)11-18-13-6-7-13/h8-10,12-13,15,18H,3-7,11H2,1-2H3. The predicted octanol–water partition coefficient (Wildman–Crippen LogP) is 3.34. The molecule has 0 aliphatic heterocycles. The summed E-state index contributed by atoms with van der Waals surface area (Å²) in [5, 5.41) is 3.69. The van der Waals surface area contributed by atoms with E-state index in [0.717, 1.165) is 30.0 Å². The molecule has 2 saturated carbocycles. The van der Waals surface area contributed by atoms with Crippen molar-refractivity contribution in [3.8, 4) is 11.5 Å². The third kappa shape index (κ3) is 2.93. The van der Waals surface area contributed by atoms with Crippen molar-refractivity contribution in [2.45, 2.75) is 44.1 Å². The molecule has 1 N–H and O–H groups in total. The zero-order valence-corrected chi connectivity index (χ0v) is 12.5. The summed E-state index contributed by atoms with van der Waals surface area (Å²) >= 11 is 0. The number of ether oxygens (including phenoxy) is 2. The molecule has 3 heteroatoms. The van der Waals surface area contributed by atoms with Crippen LogP contribution < -0.4 is 14.8 Å². The first-order valence-electron chi connectivity index (χ1n) is 7.77. The molecule has 3 nitrogen and oxygen atoms in total. The van der Waals surface area contributed by atoms with E-state index < -0.39 is 0 Å². The van der Waals surface area contributed by atoms with Crippen LogP contribution in [0.5, 0.6) is 11.5 Å². The van der Waals surface area contributed by atoms with Crippen LogP contribution in [0.25, 0.3) is 0 Å². The van der Waals surface area contributed by atoms with Gasteiger partial charge in [-0.2, -0.15) is 0 Å². The maximum atomic E-state index is 5.57. The fourth-order valence-corrected chi connectivity index (χ4v) is 3.43. The Morgan fingerprint density at radius 1 is 1.10 bits per heavy atom. The Balaban J connectivity index is 1.77. The van der Waals surface area contributed by atoms with Gasteiger partial charge in [0.15, 0.2) is 0 Å². The zero-order chi connectivity index (χ0) is 13.9. The average Bonchev–Trinajstić information content (AvgIpc) is 3.21. The fraction of sp³-hybridized carbons (Fsp3) is 0.647. The Hall–Kier alpha value is -1.22. The summed E-state index contributed by atoms with van der Waals surface area (Å²) in [5.41, 5.74) is 1.33. The lowest BCUT2D eigenvalue weighted by molar-refractivity contribution is 0.381. The highest BCUT2D eigenvalue weighted by atomic mass is 16.5. The van der Waals surface area contributed by atoms with Gasteiger partial charge in [0.1, 0.15) is 11.5 Å². The van der Waals surface area contributed by atoms with Crippen LogP contribution in [0.15, 0.2) is 18.2 Å². The number of benzene rings is 1. The van der Waals surface area contributed by atoms with Crippen LogP contribution >= 0.6 is 0 Å². The van der Waals surface area contributed by atoms with E-state index in [4.69, 9.17) is 9.47 Å². The molecule has 110 valence electrons. The fourth-order valence-electron chi connectivity index (χ4n) is 3.43. The largest absolute Gasteiger partial charge is 0.497 e. The molecule has 3 rings (SSSR count). The van der Waals surface area contributed by atoms with Gasteiger partial charge in [-0.25, -0.2) is 0 Å². The molecular weight excluding hydrogens is 250 g/mol. The molecule has 0 spiro atoms. The van der Waals surface area contributed by atoms with Crippen molar-refractivity contribution in [3.05, 3.63) is 23.8 Å². The number of methoxy groups -OCH3 is 2. The van der Waals surface area contributed by atoms with Crippen molar-refractivity contribution in [2.75, 3.05) is 20.8 Å². The molecule has 2 aliphatic carbocycles. The number of rotatable bonds is 6. The predicted molar refractivity (Wildman–Crippen MR) is 80.7 cm³/mol. The summed E-state index contributed by atoms with van der Waals surface area (Å²) < 4.78 is 11.0. The molecule has 2 aliphatic rings. The average molecular weight is 275 g/mol. The molecule has 2 atom stereocenters. The van der Waals surface area contributed by atoms with Crippen molar-refractivity contribution in [1.82, 2.24) is 5.32 Å². The molecule has 0 bridgehead atoms. The minimum absolute atomic E-state index is 0.603. The summed E-state index contributed by atoms with van der Waals surface area (Å²) in [5.74, 6) is 3.28. The van der Waals surface area contributed by atoms with E-state index in [0.29, 0.717) is 5.92 Å². The molecule has 0 heterocycles. The van der Waals surface area contributed by atoms with Gasteiger partial charge >= 0.3 is 0 Å². The topological polar surface area (TPSA) is 30.5 Å². The van der Waals surface area contributed by atoms with E-state index >= 15 is 0 Å². The van der Waals surface area contributed by atoms with Crippen molar-refractivity contribution in [2.24, 2.45) is 5.92 Å². The summed E-state index contributed by atoms with van der Waals surface area (Å²) in [6, 6.07) is 6.98. The van der Waals surface area contributed by atoms with E-state index in [-0.39, 0.29) is 0 Å². The van der Waals surface area contributed by atoms with Crippen molar-refractivity contribution in [3.63, 3.8) is 0 Å². The first kappa shape index (κ1) is 13.7. The van der Waals surface area contributed by atoms with Gasteiger partial charge in [-0.05, 0) is 62.3 Å². The highest BCUT2D eigenvalue weighted by molar-refractivity contribution is 5.43. The van der Waals surface area contributed by atoms with E-state index in [1.165, 1.54) is 37.7 Å². The normalized spacial score (nSPS) is 25.7. The highest BCUT2D eigenvalue weighted by Gasteiger charge is 2.32. The molecule has 0 radical (unpaired) electrons. The van der Waals surface area contributed by atoms with Crippen LogP contribution in [-0.2, 0) is 0 Å². The third-order valence-electron chi connectivity index (χ3n) is 4.74. The first-order valence-corrected chi connectivity index (χ1v) is 7.77. The molecule has 0 aromatic heterocycles. The molecule has 1 aromatic rings. The van der Waals surface area contributed by atoms with E-state index in [2.05, 4.69) is 11.4 Å². The third-order valence-corrected chi connectivity index (χ3v) is 4.74. The summed E-state index contributed by atoms with van der Waals surface area (Å²) in [6.07, 6.45) is 6.63. The Kier molecular flexibility index (Phi) is 4.16. The van der Waals surface area contributed by atoms with Gasteiger partial charge in [-0.1, -0.05) is 6.42 Å². The zero-order valence-electron chi connectivity index (χ0n) is 12.5. The van der Waals surface area contributed by atoms with E-state index in [1.807, 2.05) is 12.1 Å². The van der Waals surface area contributed by atoms with Crippen molar-refractivity contribution < 1.29 is 9.47 Å². The highest BCUT2D eigenvalue weighted by Crippen LogP contribution is 2.44. The van der Waals surface area contributed by atoms with Crippen molar-refractivity contribution in [1.29, 1.82) is 0 Å². The smallest absolute Gasteiger partial charge is 0.122 e. The van der Waals surface area contributed by atoms with Crippen LogP contribution in [0.2, 0.25) is 0 Å². The molecule has 0 amide bonds. The van der Waals surface area contributed by atoms with Crippen LogP contribution in [0.1, 0.15) is 43.6 Å². The van der Waals surface area contributed by atoms with Gasteiger partial charge in [-0.3, -0.25) is 0 Å². The Labute approximate surface area is 121 Å². The SMILES string of the molecule is COc1ccc(OC)c(C2CCCC2CNC2CC2)c1.